The average molecular weight is 244 g/mol. The van der Waals surface area contributed by atoms with Crippen LogP contribution in [0.1, 0.15) is 26.2 Å². The van der Waals surface area contributed by atoms with E-state index < -0.39 is 0 Å². The van der Waals surface area contributed by atoms with Crippen LogP contribution < -0.4 is 5.32 Å². The molecule has 1 aliphatic heterocycles. The van der Waals surface area contributed by atoms with Gasteiger partial charge >= 0.3 is 0 Å². The van der Waals surface area contributed by atoms with Crippen LogP contribution in [0.3, 0.4) is 0 Å². The van der Waals surface area contributed by atoms with E-state index in [1.54, 1.807) is 18.9 Å². The molecule has 0 saturated carbocycles. The highest BCUT2D eigenvalue weighted by Gasteiger charge is 2.16. The van der Waals surface area contributed by atoms with Crippen molar-refractivity contribution in [1.82, 2.24) is 10.2 Å². The van der Waals surface area contributed by atoms with Crippen LogP contribution in [0.2, 0.25) is 0 Å². The third kappa shape index (κ3) is 6.00. The number of likely N-dealkylation sites (N-methyl/N-ethyl adjacent to an activating group) is 1. The largest absolute Gasteiger partial charge is 0.393 e. The fourth-order valence-corrected chi connectivity index (χ4v) is 1.79. The summed E-state index contributed by atoms with van der Waals surface area (Å²) in [5.74, 6) is 0.0589. The van der Waals surface area contributed by atoms with Crippen molar-refractivity contribution >= 4 is 5.91 Å². The van der Waals surface area contributed by atoms with Crippen molar-refractivity contribution in [1.29, 1.82) is 0 Å². The quantitative estimate of drug-likeness (QED) is 0.661. The van der Waals surface area contributed by atoms with E-state index in [0.717, 1.165) is 26.0 Å². The monoisotopic (exact) mass is 244 g/mol. The van der Waals surface area contributed by atoms with E-state index in [1.165, 1.54) is 0 Å². The van der Waals surface area contributed by atoms with E-state index >= 15 is 0 Å². The molecule has 0 aromatic heterocycles. The van der Waals surface area contributed by atoms with E-state index in [4.69, 9.17) is 9.84 Å². The molecule has 5 heteroatoms. The fourth-order valence-electron chi connectivity index (χ4n) is 1.79. The first-order chi connectivity index (χ1) is 8.09. The molecule has 5 nitrogen and oxygen atoms in total. The third-order valence-corrected chi connectivity index (χ3v) is 2.98. The molecule has 0 bridgehead atoms. The van der Waals surface area contributed by atoms with Gasteiger partial charge < -0.3 is 20.1 Å². The second-order valence-electron chi connectivity index (χ2n) is 4.72. The van der Waals surface area contributed by atoms with Crippen molar-refractivity contribution in [2.75, 3.05) is 33.3 Å². The molecule has 1 heterocycles. The molecular formula is C12H24N2O3. The number of aliphatic hydroxyl groups excluding tert-OH is 1. The Hall–Kier alpha value is -0.650. The Kier molecular flexibility index (Phi) is 6.47. The number of aliphatic hydroxyl groups is 1. The lowest BCUT2D eigenvalue weighted by Gasteiger charge is -2.19. The number of hydrogen-bond acceptors (Lipinski definition) is 4. The first-order valence-electron chi connectivity index (χ1n) is 6.34. The maximum Gasteiger partial charge on any atom is 0.236 e. The summed E-state index contributed by atoms with van der Waals surface area (Å²) in [7, 11) is 1.76. The lowest BCUT2D eigenvalue weighted by Crippen LogP contribution is -2.39. The molecule has 0 aliphatic carbocycles. The molecule has 17 heavy (non-hydrogen) atoms. The van der Waals surface area contributed by atoms with E-state index in [0.29, 0.717) is 19.5 Å². The summed E-state index contributed by atoms with van der Waals surface area (Å²) >= 11 is 0. The molecule has 0 aromatic rings. The van der Waals surface area contributed by atoms with Gasteiger partial charge in [-0.25, -0.2) is 0 Å². The zero-order valence-electron chi connectivity index (χ0n) is 10.8. The number of nitrogens with zero attached hydrogens (tertiary/aromatic N) is 1. The Balaban J connectivity index is 2.06. The number of rotatable bonds is 7. The van der Waals surface area contributed by atoms with E-state index in [9.17, 15) is 4.79 Å². The summed E-state index contributed by atoms with van der Waals surface area (Å²) in [6.07, 6.45) is 2.73. The number of nitrogens with one attached hydrogen (secondary N) is 1. The van der Waals surface area contributed by atoms with Gasteiger partial charge in [0.1, 0.15) is 0 Å². The highest BCUT2D eigenvalue weighted by molar-refractivity contribution is 5.77. The summed E-state index contributed by atoms with van der Waals surface area (Å²) in [6.45, 7) is 4.26. The van der Waals surface area contributed by atoms with Gasteiger partial charge in [-0.1, -0.05) is 0 Å². The van der Waals surface area contributed by atoms with Crippen molar-refractivity contribution in [2.24, 2.45) is 0 Å². The summed E-state index contributed by atoms with van der Waals surface area (Å²) < 4.78 is 5.45. The Morgan fingerprint density at radius 3 is 3.00 bits per heavy atom. The second kappa shape index (κ2) is 7.63. The molecule has 0 aromatic carbocycles. The van der Waals surface area contributed by atoms with Crippen molar-refractivity contribution in [3.05, 3.63) is 0 Å². The number of amides is 1. The number of carbonyl (C=O) groups excluding carboxylic acids is 1. The lowest BCUT2D eigenvalue weighted by atomic mass is 10.2. The molecule has 1 aliphatic rings. The summed E-state index contributed by atoms with van der Waals surface area (Å²) in [5, 5.41) is 12.2. The van der Waals surface area contributed by atoms with Crippen LogP contribution in [-0.4, -0.2) is 61.4 Å². The van der Waals surface area contributed by atoms with Crippen molar-refractivity contribution < 1.29 is 14.6 Å². The number of carbonyl (C=O) groups is 1. The molecule has 2 N–H and O–H groups in total. The van der Waals surface area contributed by atoms with Gasteiger partial charge in [-0.05, 0) is 26.2 Å². The third-order valence-electron chi connectivity index (χ3n) is 2.98. The van der Waals surface area contributed by atoms with Crippen LogP contribution in [0.4, 0.5) is 0 Å². The van der Waals surface area contributed by atoms with Crippen LogP contribution in [0.15, 0.2) is 0 Å². The lowest BCUT2D eigenvalue weighted by molar-refractivity contribution is -0.129. The average Bonchev–Trinajstić information content (AvgIpc) is 2.78. The molecule has 1 saturated heterocycles. The SMILES string of the molecule is CC(O)CCN(C)C(=O)CNCC1CCCO1. The Morgan fingerprint density at radius 1 is 1.65 bits per heavy atom. The van der Waals surface area contributed by atoms with Gasteiger partial charge in [0.05, 0.1) is 18.8 Å². The molecule has 1 amide bonds. The van der Waals surface area contributed by atoms with Crippen LogP contribution >= 0.6 is 0 Å². The molecule has 0 radical (unpaired) electrons. The standard InChI is InChI=1S/C12H24N2O3/c1-10(15)5-6-14(2)12(16)9-13-8-11-4-3-7-17-11/h10-11,13,15H,3-9H2,1-2H3. The van der Waals surface area contributed by atoms with Crippen LogP contribution in [-0.2, 0) is 9.53 Å². The van der Waals surface area contributed by atoms with Crippen molar-refractivity contribution in [3.63, 3.8) is 0 Å². The predicted molar refractivity (Wildman–Crippen MR) is 65.8 cm³/mol. The first-order valence-corrected chi connectivity index (χ1v) is 6.34. The highest BCUT2D eigenvalue weighted by Crippen LogP contribution is 2.10. The predicted octanol–water partition coefficient (Wildman–Crippen LogP) is -0.0157. The smallest absolute Gasteiger partial charge is 0.236 e. The number of hydrogen-bond donors (Lipinski definition) is 2. The zero-order chi connectivity index (χ0) is 12.7. The van der Waals surface area contributed by atoms with Crippen molar-refractivity contribution in [2.45, 2.75) is 38.4 Å². The van der Waals surface area contributed by atoms with Gasteiger partial charge in [-0.2, -0.15) is 0 Å². The fraction of sp³-hybridized carbons (Fsp3) is 0.917. The maximum atomic E-state index is 11.7. The summed E-state index contributed by atoms with van der Waals surface area (Å²) in [4.78, 5) is 13.3. The Morgan fingerprint density at radius 2 is 2.41 bits per heavy atom. The van der Waals surface area contributed by atoms with E-state index in [1.807, 2.05) is 0 Å². The molecule has 1 fully saturated rings. The highest BCUT2D eigenvalue weighted by atomic mass is 16.5. The molecule has 0 spiro atoms. The normalized spacial score (nSPS) is 21.5. The molecular weight excluding hydrogens is 220 g/mol. The van der Waals surface area contributed by atoms with Gasteiger partial charge in [0.15, 0.2) is 0 Å². The minimum absolute atomic E-state index is 0.0589. The van der Waals surface area contributed by atoms with Crippen LogP contribution in [0.25, 0.3) is 0 Å². The minimum Gasteiger partial charge on any atom is -0.393 e. The van der Waals surface area contributed by atoms with Gasteiger partial charge in [0, 0.05) is 26.7 Å². The van der Waals surface area contributed by atoms with Crippen LogP contribution in [0, 0.1) is 0 Å². The molecule has 2 atom stereocenters. The number of ether oxygens (including phenoxy) is 1. The van der Waals surface area contributed by atoms with Gasteiger partial charge in [-0.3, -0.25) is 4.79 Å². The molecule has 1 rings (SSSR count). The molecule has 100 valence electrons. The van der Waals surface area contributed by atoms with Crippen molar-refractivity contribution in [3.8, 4) is 0 Å². The molecule has 2 unspecified atom stereocenters. The van der Waals surface area contributed by atoms with E-state index in [-0.39, 0.29) is 18.1 Å². The van der Waals surface area contributed by atoms with Gasteiger partial charge in [0.25, 0.3) is 0 Å². The zero-order valence-corrected chi connectivity index (χ0v) is 10.8. The summed E-state index contributed by atoms with van der Waals surface area (Å²) in [5.41, 5.74) is 0. The van der Waals surface area contributed by atoms with Gasteiger partial charge in [-0.15, -0.1) is 0 Å². The topological polar surface area (TPSA) is 61.8 Å². The minimum atomic E-state index is -0.356. The maximum absolute atomic E-state index is 11.7. The van der Waals surface area contributed by atoms with E-state index in [2.05, 4.69) is 5.32 Å². The first kappa shape index (κ1) is 14.4. The second-order valence-corrected chi connectivity index (χ2v) is 4.72. The Labute approximate surface area is 103 Å². The Bertz CT molecular complexity index is 228. The summed E-state index contributed by atoms with van der Waals surface area (Å²) in [6, 6.07) is 0. The van der Waals surface area contributed by atoms with Crippen LogP contribution in [0.5, 0.6) is 0 Å². The van der Waals surface area contributed by atoms with Gasteiger partial charge in [0.2, 0.25) is 5.91 Å².